The van der Waals surface area contributed by atoms with Crippen molar-refractivity contribution in [1.29, 1.82) is 0 Å². The summed E-state index contributed by atoms with van der Waals surface area (Å²) in [5.41, 5.74) is 14.9. The van der Waals surface area contributed by atoms with Gasteiger partial charge < -0.3 is 21.7 Å². The number of nitrogen functional groups attached to an aromatic ring is 1. The Hall–Kier alpha value is -4.43. The van der Waals surface area contributed by atoms with Crippen LogP contribution < -0.4 is 21.7 Å². The second-order valence-corrected chi connectivity index (χ2v) is 8.87. The van der Waals surface area contributed by atoms with Crippen molar-refractivity contribution in [1.82, 2.24) is 0 Å². The van der Waals surface area contributed by atoms with Gasteiger partial charge in [-0.05, 0) is 59.0 Å². The minimum absolute atomic E-state index is 0.349. The Morgan fingerprint density at radius 3 is 2.26 bits per heavy atom. The summed E-state index contributed by atoms with van der Waals surface area (Å²) < 4.78 is 0. The summed E-state index contributed by atoms with van der Waals surface area (Å²) in [5.74, 6) is -2.78. The van der Waals surface area contributed by atoms with Crippen LogP contribution in [-0.2, 0) is 9.59 Å². The van der Waals surface area contributed by atoms with Gasteiger partial charge >= 0.3 is 0 Å². The van der Waals surface area contributed by atoms with Gasteiger partial charge in [-0.1, -0.05) is 42.5 Å². The van der Waals surface area contributed by atoms with Gasteiger partial charge in [0, 0.05) is 23.2 Å². The number of thiophene rings is 1. The number of nitrogens with zero attached hydrogens (tertiary/aromatic N) is 1. The fourth-order valence-corrected chi connectivity index (χ4v) is 4.41. The minimum atomic E-state index is -1.18. The van der Waals surface area contributed by atoms with E-state index in [1.807, 2.05) is 35.7 Å². The van der Waals surface area contributed by atoms with Gasteiger partial charge in [-0.15, -0.1) is 11.3 Å². The number of nitrogens with one attached hydrogen (secondary N) is 1. The van der Waals surface area contributed by atoms with E-state index >= 15 is 0 Å². The van der Waals surface area contributed by atoms with Crippen molar-refractivity contribution in [3.8, 4) is 10.4 Å². The quantitative estimate of drug-likeness (QED) is 0.265. The lowest BCUT2D eigenvalue weighted by Gasteiger charge is -2.22. The molecule has 0 aliphatic rings. The topological polar surface area (TPSA) is 119 Å². The van der Waals surface area contributed by atoms with Crippen LogP contribution in [-0.4, -0.2) is 24.8 Å². The van der Waals surface area contributed by atoms with E-state index in [2.05, 4.69) is 5.32 Å². The van der Waals surface area contributed by atoms with Gasteiger partial charge in [-0.3, -0.25) is 14.4 Å². The number of carbonyl (C=O) groups excluding carboxylic acids is 3. The molecular formula is C27H24N4O3S. The predicted molar refractivity (Wildman–Crippen MR) is 140 cm³/mol. The Bertz CT molecular complexity index is 1350. The van der Waals surface area contributed by atoms with Gasteiger partial charge in [0.15, 0.2) is 0 Å². The highest BCUT2D eigenvalue weighted by atomic mass is 32.1. The third-order valence-electron chi connectivity index (χ3n) is 5.62. The number of rotatable bonds is 7. The first-order chi connectivity index (χ1) is 16.8. The number of para-hydroxylation sites is 1. The summed E-state index contributed by atoms with van der Waals surface area (Å²) in [6.45, 7) is 0. The van der Waals surface area contributed by atoms with Gasteiger partial charge in [0.1, 0.15) is 5.92 Å². The standard InChI is InChI=1S/C27H24N4O3S/c1-31(20-6-3-2-4-7-20)27(34)24(25(29)32)17-9-11-18(12-10-17)26(33)30-22-16-19(13-14-21(22)28)23-8-5-15-35-23/h2-16,24H,28H2,1H3,(H2,29,32)(H,30,33). The molecule has 8 heteroatoms. The first kappa shape index (κ1) is 23.7. The van der Waals surface area contributed by atoms with E-state index in [9.17, 15) is 14.4 Å². The smallest absolute Gasteiger partial charge is 0.255 e. The molecule has 176 valence electrons. The molecule has 1 unspecified atom stereocenters. The molecule has 0 aliphatic carbocycles. The Labute approximate surface area is 207 Å². The van der Waals surface area contributed by atoms with Crippen LogP contribution in [0.15, 0.2) is 90.3 Å². The first-order valence-electron chi connectivity index (χ1n) is 10.8. The molecule has 4 aromatic rings. The predicted octanol–water partition coefficient (Wildman–Crippen LogP) is 4.48. The van der Waals surface area contributed by atoms with Gasteiger partial charge in [0.05, 0.1) is 11.4 Å². The Morgan fingerprint density at radius 1 is 0.914 bits per heavy atom. The van der Waals surface area contributed by atoms with Crippen LogP contribution in [0.1, 0.15) is 21.8 Å². The number of amides is 3. The molecule has 0 aliphatic heterocycles. The number of primary amides is 1. The molecule has 3 aromatic carbocycles. The van der Waals surface area contributed by atoms with Gasteiger partial charge in [0.25, 0.3) is 5.91 Å². The average molecular weight is 485 g/mol. The molecular weight excluding hydrogens is 460 g/mol. The Balaban J connectivity index is 1.53. The molecule has 7 nitrogen and oxygen atoms in total. The van der Waals surface area contributed by atoms with Crippen molar-refractivity contribution < 1.29 is 14.4 Å². The van der Waals surface area contributed by atoms with E-state index < -0.39 is 17.7 Å². The zero-order chi connectivity index (χ0) is 24.9. The maximum absolute atomic E-state index is 13.0. The van der Waals surface area contributed by atoms with E-state index in [0.29, 0.717) is 28.2 Å². The lowest BCUT2D eigenvalue weighted by Crippen LogP contribution is -2.38. The largest absolute Gasteiger partial charge is 0.397 e. The molecule has 0 saturated heterocycles. The van der Waals surface area contributed by atoms with Crippen molar-refractivity contribution in [2.24, 2.45) is 5.73 Å². The molecule has 0 radical (unpaired) electrons. The fourth-order valence-electron chi connectivity index (χ4n) is 3.68. The number of nitrogens with two attached hydrogens (primary N) is 2. The van der Waals surface area contributed by atoms with E-state index in [0.717, 1.165) is 10.4 Å². The van der Waals surface area contributed by atoms with E-state index in [1.165, 1.54) is 4.90 Å². The number of hydrogen-bond acceptors (Lipinski definition) is 5. The van der Waals surface area contributed by atoms with E-state index in [4.69, 9.17) is 11.5 Å². The molecule has 0 saturated carbocycles. The van der Waals surface area contributed by atoms with Crippen LogP contribution in [0.5, 0.6) is 0 Å². The highest BCUT2D eigenvalue weighted by Gasteiger charge is 2.30. The van der Waals surface area contributed by atoms with Crippen LogP contribution in [0.3, 0.4) is 0 Å². The van der Waals surface area contributed by atoms with Crippen LogP contribution in [0.4, 0.5) is 17.1 Å². The van der Waals surface area contributed by atoms with E-state index in [-0.39, 0.29) is 5.91 Å². The monoisotopic (exact) mass is 484 g/mol. The number of likely N-dealkylation sites (N-methyl/N-ethyl adjacent to an activating group) is 1. The molecule has 3 amide bonds. The van der Waals surface area contributed by atoms with Crippen molar-refractivity contribution in [3.05, 3.63) is 101 Å². The Kier molecular flexibility index (Phi) is 6.93. The van der Waals surface area contributed by atoms with Crippen LogP contribution >= 0.6 is 11.3 Å². The number of benzene rings is 3. The molecule has 0 fully saturated rings. The molecule has 5 N–H and O–H groups in total. The molecule has 4 rings (SSSR count). The minimum Gasteiger partial charge on any atom is -0.397 e. The summed E-state index contributed by atoms with van der Waals surface area (Å²) in [7, 11) is 1.59. The zero-order valence-electron chi connectivity index (χ0n) is 19.0. The zero-order valence-corrected chi connectivity index (χ0v) is 19.8. The molecule has 0 bridgehead atoms. The summed E-state index contributed by atoms with van der Waals surface area (Å²) in [4.78, 5) is 40.6. The molecule has 1 heterocycles. The number of hydrogen-bond donors (Lipinski definition) is 3. The summed E-state index contributed by atoms with van der Waals surface area (Å²) in [6, 6.07) is 24.6. The highest BCUT2D eigenvalue weighted by Crippen LogP contribution is 2.30. The second kappa shape index (κ2) is 10.2. The fraction of sp³-hybridized carbons (Fsp3) is 0.0741. The lowest BCUT2D eigenvalue weighted by atomic mass is 9.95. The first-order valence-corrected chi connectivity index (χ1v) is 11.7. The average Bonchev–Trinajstić information content (AvgIpc) is 3.41. The van der Waals surface area contributed by atoms with Gasteiger partial charge in [-0.2, -0.15) is 0 Å². The molecule has 1 aromatic heterocycles. The van der Waals surface area contributed by atoms with Gasteiger partial charge in [-0.25, -0.2) is 0 Å². The van der Waals surface area contributed by atoms with Crippen molar-refractivity contribution in [2.45, 2.75) is 5.92 Å². The molecule has 0 spiro atoms. The van der Waals surface area contributed by atoms with Crippen molar-refractivity contribution in [2.75, 3.05) is 23.0 Å². The normalized spacial score (nSPS) is 11.5. The maximum atomic E-state index is 13.0. The summed E-state index contributed by atoms with van der Waals surface area (Å²) >= 11 is 1.59. The Morgan fingerprint density at radius 2 is 1.63 bits per heavy atom. The molecule has 1 atom stereocenters. The third kappa shape index (κ3) is 5.23. The van der Waals surface area contributed by atoms with Crippen LogP contribution in [0.25, 0.3) is 10.4 Å². The number of carbonyl (C=O) groups is 3. The third-order valence-corrected chi connectivity index (χ3v) is 6.54. The SMILES string of the molecule is CN(C(=O)C(C(N)=O)c1ccc(C(=O)Nc2cc(-c3cccs3)ccc2N)cc1)c1ccccc1. The summed E-state index contributed by atoms with van der Waals surface area (Å²) in [5, 5.41) is 4.82. The number of anilines is 3. The summed E-state index contributed by atoms with van der Waals surface area (Å²) in [6.07, 6.45) is 0. The molecule has 35 heavy (non-hydrogen) atoms. The van der Waals surface area contributed by atoms with Crippen LogP contribution in [0.2, 0.25) is 0 Å². The van der Waals surface area contributed by atoms with Crippen molar-refractivity contribution >= 4 is 46.1 Å². The highest BCUT2D eigenvalue weighted by molar-refractivity contribution is 7.13. The lowest BCUT2D eigenvalue weighted by molar-refractivity contribution is -0.128. The van der Waals surface area contributed by atoms with Crippen molar-refractivity contribution in [3.63, 3.8) is 0 Å². The maximum Gasteiger partial charge on any atom is 0.255 e. The van der Waals surface area contributed by atoms with Crippen LogP contribution in [0, 0.1) is 0 Å². The van der Waals surface area contributed by atoms with E-state index in [1.54, 1.807) is 73.0 Å². The van der Waals surface area contributed by atoms with Gasteiger partial charge in [0.2, 0.25) is 11.8 Å². The second-order valence-electron chi connectivity index (χ2n) is 7.92.